The van der Waals surface area contributed by atoms with Crippen molar-refractivity contribution in [3.63, 3.8) is 0 Å². The quantitative estimate of drug-likeness (QED) is 0.0944. The number of carboxylic acid groups (broad SMARTS) is 1. The summed E-state index contributed by atoms with van der Waals surface area (Å²) < 4.78 is 4.08. The van der Waals surface area contributed by atoms with E-state index in [0.717, 1.165) is 39.3 Å². The SMILES string of the molecule is Cn1c(CNCCCC(NC(=O)c2ccc(C(N)Cc3nc4ccccc4n3C)cc2)C(=O)O)nc2ccccc21.NCc1cccc2ccccc12. The Morgan fingerprint density at radius 2 is 1.38 bits per heavy atom. The van der Waals surface area contributed by atoms with E-state index < -0.39 is 17.9 Å². The van der Waals surface area contributed by atoms with Crippen LogP contribution in [0.15, 0.2) is 115 Å². The van der Waals surface area contributed by atoms with Gasteiger partial charge in [0.15, 0.2) is 0 Å². The van der Waals surface area contributed by atoms with Crippen molar-refractivity contribution < 1.29 is 14.7 Å². The molecule has 0 radical (unpaired) electrons. The van der Waals surface area contributed by atoms with Crippen LogP contribution in [0.4, 0.5) is 0 Å². The number of imidazole rings is 2. The number of aliphatic carboxylic acids is 1. The van der Waals surface area contributed by atoms with Crippen LogP contribution in [0.1, 0.15) is 52.0 Å². The molecule has 5 aromatic carbocycles. The van der Waals surface area contributed by atoms with E-state index in [1.807, 2.05) is 102 Å². The minimum atomic E-state index is -1.06. The molecular formula is C42H46N8O3. The van der Waals surface area contributed by atoms with E-state index in [4.69, 9.17) is 16.5 Å². The van der Waals surface area contributed by atoms with Crippen LogP contribution in [0.2, 0.25) is 0 Å². The van der Waals surface area contributed by atoms with Crippen LogP contribution in [0, 0.1) is 0 Å². The molecule has 0 spiro atoms. The van der Waals surface area contributed by atoms with Gasteiger partial charge in [0.2, 0.25) is 0 Å². The van der Waals surface area contributed by atoms with Crippen molar-refractivity contribution in [2.75, 3.05) is 6.54 Å². The summed E-state index contributed by atoms with van der Waals surface area (Å²) in [7, 11) is 3.95. The molecule has 11 heteroatoms. The molecule has 2 unspecified atom stereocenters. The molecule has 0 aliphatic rings. The van der Waals surface area contributed by atoms with Gasteiger partial charge >= 0.3 is 5.97 Å². The summed E-state index contributed by atoms with van der Waals surface area (Å²) in [6, 6.07) is 36.1. The Morgan fingerprint density at radius 3 is 2.04 bits per heavy atom. The van der Waals surface area contributed by atoms with Crippen LogP contribution < -0.4 is 22.1 Å². The van der Waals surface area contributed by atoms with Crippen LogP contribution in [0.5, 0.6) is 0 Å². The number of carbonyl (C=O) groups is 2. The van der Waals surface area contributed by atoms with Crippen molar-refractivity contribution in [1.82, 2.24) is 29.7 Å². The van der Waals surface area contributed by atoms with Crippen LogP contribution in [0.25, 0.3) is 32.8 Å². The minimum absolute atomic E-state index is 0.300. The number of carbonyl (C=O) groups excluding carboxylic acids is 1. The largest absolute Gasteiger partial charge is 0.480 e. The molecule has 0 saturated carbocycles. The van der Waals surface area contributed by atoms with Crippen LogP contribution >= 0.6 is 0 Å². The van der Waals surface area contributed by atoms with E-state index in [1.54, 1.807) is 12.1 Å². The van der Waals surface area contributed by atoms with Crippen LogP contribution in [-0.2, 0) is 38.4 Å². The number of benzene rings is 5. The molecule has 1 amide bonds. The molecule has 7 rings (SSSR count). The molecule has 272 valence electrons. The second-order valence-electron chi connectivity index (χ2n) is 13.1. The Bertz CT molecular complexity index is 2320. The van der Waals surface area contributed by atoms with E-state index in [2.05, 4.69) is 39.9 Å². The first-order valence-corrected chi connectivity index (χ1v) is 17.8. The van der Waals surface area contributed by atoms with Gasteiger partial charge in [-0.3, -0.25) is 4.79 Å². The van der Waals surface area contributed by atoms with Crippen molar-refractivity contribution in [1.29, 1.82) is 0 Å². The number of fused-ring (bicyclic) bond motifs is 3. The lowest BCUT2D eigenvalue weighted by Gasteiger charge is -2.16. The minimum Gasteiger partial charge on any atom is -0.480 e. The fraction of sp³-hybridized carbons (Fsp3) is 0.238. The molecule has 0 bridgehead atoms. The Hall–Kier alpha value is -5.88. The van der Waals surface area contributed by atoms with E-state index in [-0.39, 0.29) is 6.04 Å². The lowest BCUT2D eigenvalue weighted by Crippen LogP contribution is -2.41. The second kappa shape index (κ2) is 17.1. The number of nitrogens with two attached hydrogens (primary N) is 2. The Morgan fingerprint density at radius 1 is 0.774 bits per heavy atom. The molecule has 2 aromatic heterocycles. The highest BCUT2D eigenvalue weighted by molar-refractivity contribution is 5.96. The predicted octanol–water partition coefficient (Wildman–Crippen LogP) is 5.75. The van der Waals surface area contributed by atoms with Gasteiger partial charge in [-0.25, -0.2) is 14.8 Å². The van der Waals surface area contributed by atoms with E-state index in [9.17, 15) is 14.7 Å². The highest BCUT2D eigenvalue weighted by Gasteiger charge is 2.21. The zero-order valence-corrected chi connectivity index (χ0v) is 30.1. The molecule has 11 nitrogen and oxygen atoms in total. The molecule has 2 atom stereocenters. The Kier molecular flexibility index (Phi) is 11.9. The Balaban J connectivity index is 0.000000337. The number of aryl methyl sites for hydroxylation is 2. The van der Waals surface area contributed by atoms with Gasteiger partial charge in [0.25, 0.3) is 5.91 Å². The van der Waals surface area contributed by atoms with Crippen LogP contribution in [-0.4, -0.2) is 48.7 Å². The molecule has 0 aliphatic carbocycles. The summed E-state index contributed by atoms with van der Waals surface area (Å²) in [6.07, 6.45) is 1.43. The fourth-order valence-electron chi connectivity index (χ4n) is 6.53. The third-order valence-electron chi connectivity index (χ3n) is 9.60. The van der Waals surface area contributed by atoms with Crippen LogP contribution in [0.3, 0.4) is 0 Å². The maximum Gasteiger partial charge on any atom is 0.326 e. The third-order valence-corrected chi connectivity index (χ3v) is 9.60. The van der Waals surface area contributed by atoms with Gasteiger partial charge in [-0.1, -0.05) is 78.9 Å². The highest BCUT2D eigenvalue weighted by atomic mass is 16.4. The average Bonchev–Trinajstić information content (AvgIpc) is 3.68. The number of rotatable bonds is 13. The molecular weight excluding hydrogens is 665 g/mol. The molecule has 7 N–H and O–H groups in total. The average molecular weight is 711 g/mol. The molecule has 0 fully saturated rings. The van der Waals surface area contributed by atoms with Gasteiger partial charge in [0.05, 0.1) is 28.6 Å². The van der Waals surface area contributed by atoms with Gasteiger partial charge in [-0.05, 0) is 77.7 Å². The van der Waals surface area contributed by atoms with Crippen molar-refractivity contribution >= 4 is 44.7 Å². The number of amides is 1. The number of aromatic nitrogens is 4. The molecule has 2 heterocycles. The van der Waals surface area contributed by atoms with Crippen molar-refractivity contribution in [2.24, 2.45) is 25.6 Å². The van der Waals surface area contributed by atoms with Gasteiger partial charge in [-0.15, -0.1) is 0 Å². The van der Waals surface area contributed by atoms with E-state index in [0.29, 0.717) is 44.5 Å². The first-order valence-electron chi connectivity index (χ1n) is 17.8. The van der Waals surface area contributed by atoms with Crippen molar-refractivity contribution in [3.8, 4) is 0 Å². The number of nitrogens with zero attached hydrogens (tertiary/aromatic N) is 4. The second-order valence-corrected chi connectivity index (χ2v) is 13.1. The van der Waals surface area contributed by atoms with E-state index >= 15 is 0 Å². The zero-order valence-electron chi connectivity index (χ0n) is 30.1. The van der Waals surface area contributed by atoms with Crippen molar-refractivity contribution in [3.05, 3.63) is 144 Å². The third kappa shape index (κ3) is 8.78. The standard InChI is InChI=1S/C31H35N7O3.C11H11N/c1-37-26-11-5-3-8-23(26)34-28(37)18-22(32)20-13-15-21(16-14-20)30(39)36-25(31(40)41)10-7-17-33-19-29-35-24-9-4-6-12-27(24)38(29)2;12-8-10-6-3-5-9-4-1-2-7-11(9)10/h3-6,8-9,11-16,22,25,33H,7,10,17-19,32H2,1-2H3,(H,36,39)(H,40,41);1-7H,8,12H2. The maximum atomic E-state index is 12.8. The Labute approximate surface area is 308 Å². The first kappa shape index (κ1) is 36.9. The molecule has 53 heavy (non-hydrogen) atoms. The lowest BCUT2D eigenvalue weighted by atomic mass is 10.0. The number of nitrogens with one attached hydrogen (secondary N) is 2. The summed E-state index contributed by atoms with van der Waals surface area (Å²) in [6.45, 7) is 1.78. The predicted molar refractivity (Wildman–Crippen MR) is 210 cm³/mol. The molecule has 7 aromatic rings. The summed E-state index contributed by atoms with van der Waals surface area (Å²) in [5, 5.41) is 18.2. The van der Waals surface area contributed by atoms with Gasteiger partial charge in [0.1, 0.15) is 17.7 Å². The summed E-state index contributed by atoms with van der Waals surface area (Å²) in [4.78, 5) is 34.0. The maximum absolute atomic E-state index is 12.8. The molecule has 0 aliphatic heterocycles. The number of hydrogen-bond donors (Lipinski definition) is 5. The topological polar surface area (TPSA) is 166 Å². The normalized spacial score (nSPS) is 12.4. The number of carboxylic acids is 1. The summed E-state index contributed by atoms with van der Waals surface area (Å²) in [5.74, 6) is 0.300. The fourth-order valence-corrected chi connectivity index (χ4v) is 6.53. The van der Waals surface area contributed by atoms with Gasteiger partial charge in [0, 0.05) is 38.7 Å². The van der Waals surface area contributed by atoms with Gasteiger partial charge < -0.3 is 36.3 Å². The zero-order chi connectivity index (χ0) is 37.3. The smallest absolute Gasteiger partial charge is 0.326 e. The lowest BCUT2D eigenvalue weighted by molar-refractivity contribution is -0.139. The molecule has 0 saturated heterocycles. The first-order chi connectivity index (χ1) is 25.7. The van der Waals surface area contributed by atoms with Gasteiger partial charge in [-0.2, -0.15) is 0 Å². The van der Waals surface area contributed by atoms with E-state index in [1.165, 1.54) is 16.3 Å². The number of para-hydroxylation sites is 4. The highest BCUT2D eigenvalue weighted by Crippen LogP contribution is 2.21. The van der Waals surface area contributed by atoms with Crippen molar-refractivity contribution in [2.45, 2.75) is 44.4 Å². The number of hydrogen-bond acceptors (Lipinski definition) is 7. The summed E-state index contributed by atoms with van der Waals surface area (Å²) in [5.41, 5.74) is 18.5. The monoisotopic (exact) mass is 710 g/mol. The summed E-state index contributed by atoms with van der Waals surface area (Å²) >= 11 is 0.